The Morgan fingerprint density at radius 2 is 1.84 bits per heavy atom. The van der Waals surface area contributed by atoms with Crippen molar-refractivity contribution in [1.29, 1.82) is 0 Å². The summed E-state index contributed by atoms with van der Waals surface area (Å²) in [6.07, 6.45) is 1.62. The van der Waals surface area contributed by atoms with Crippen LogP contribution < -0.4 is 10.9 Å². The molecular formula is C15H16N2O2. The monoisotopic (exact) mass is 256 g/mol. The normalized spacial score (nSPS) is 11.9. The van der Waals surface area contributed by atoms with Crippen molar-refractivity contribution in [2.45, 2.75) is 13.0 Å². The van der Waals surface area contributed by atoms with Crippen LogP contribution in [0.4, 0.5) is 0 Å². The molecule has 1 amide bonds. The second-order valence-electron chi connectivity index (χ2n) is 4.44. The lowest BCUT2D eigenvalue weighted by Gasteiger charge is -2.14. The smallest absolute Gasteiger partial charge is 0.263 e. The van der Waals surface area contributed by atoms with Gasteiger partial charge in [0.05, 0.1) is 6.04 Å². The summed E-state index contributed by atoms with van der Waals surface area (Å²) < 4.78 is 1.39. The fourth-order valence-corrected chi connectivity index (χ4v) is 1.87. The van der Waals surface area contributed by atoms with E-state index in [2.05, 4.69) is 5.32 Å². The molecule has 0 spiro atoms. The number of carbonyl (C=O) groups excluding carboxylic acids is 1. The molecule has 0 radical (unpaired) electrons. The highest BCUT2D eigenvalue weighted by Gasteiger charge is 2.14. The average Bonchev–Trinajstić information content (AvgIpc) is 2.42. The van der Waals surface area contributed by atoms with Crippen molar-refractivity contribution in [1.82, 2.24) is 9.88 Å². The van der Waals surface area contributed by atoms with Crippen LogP contribution in [0.3, 0.4) is 0 Å². The van der Waals surface area contributed by atoms with Gasteiger partial charge >= 0.3 is 0 Å². The standard InChI is InChI=1S/C15H16N2O2/c1-11(12-7-4-3-5-8-12)16-14(18)13-9-6-10-17(2)15(13)19/h3-11H,1-2H3,(H,16,18). The summed E-state index contributed by atoms with van der Waals surface area (Å²) in [5, 5.41) is 2.83. The Labute approximate surface area is 111 Å². The van der Waals surface area contributed by atoms with E-state index in [1.807, 2.05) is 37.3 Å². The third-order valence-corrected chi connectivity index (χ3v) is 3.02. The number of amides is 1. The largest absolute Gasteiger partial charge is 0.345 e. The zero-order chi connectivity index (χ0) is 13.8. The van der Waals surface area contributed by atoms with Crippen molar-refractivity contribution < 1.29 is 4.79 Å². The van der Waals surface area contributed by atoms with Crippen molar-refractivity contribution in [2.75, 3.05) is 0 Å². The van der Waals surface area contributed by atoms with Gasteiger partial charge in [-0.15, -0.1) is 0 Å². The van der Waals surface area contributed by atoms with Crippen LogP contribution in [-0.4, -0.2) is 10.5 Å². The van der Waals surface area contributed by atoms with Crippen molar-refractivity contribution >= 4 is 5.91 Å². The number of benzene rings is 1. The first-order valence-corrected chi connectivity index (χ1v) is 6.11. The number of nitrogens with one attached hydrogen (secondary N) is 1. The second-order valence-corrected chi connectivity index (χ2v) is 4.44. The lowest BCUT2D eigenvalue weighted by molar-refractivity contribution is 0.0938. The SMILES string of the molecule is CC(NC(=O)c1cccn(C)c1=O)c1ccccc1. The molecule has 0 fully saturated rings. The van der Waals surface area contributed by atoms with Crippen molar-refractivity contribution in [2.24, 2.45) is 7.05 Å². The Morgan fingerprint density at radius 3 is 2.53 bits per heavy atom. The summed E-state index contributed by atoms with van der Waals surface area (Å²) in [6.45, 7) is 1.89. The lowest BCUT2D eigenvalue weighted by atomic mass is 10.1. The molecule has 1 heterocycles. The number of pyridine rings is 1. The van der Waals surface area contributed by atoms with E-state index in [4.69, 9.17) is 0 Å². The Kier molecular flexibility index (Phi) is 3.80. The Balaban J connectivity index is 2.18. The molecule has 4 nitrogen and oxygen atoms in total. The Hall–Kier alpha value is -2.36. The van der Waals surface area contributed by atoms with E-state index in [0.29, 0.717) is 0 Å². The molecule has 2 aromatic rings. The molecule has 1 aromatic carbocycles. The number of rotatable bonds is 3. The first-order chi connectivity index (χ1) is 9.09. The summed E-state index contributed by atoms with van der Waals surface area (Å²) in [7, 11) is 1.62. The highest BCUT2D eigenvalue weighted by Crippen LogP contribution is 2.11. The molecule has 0 aliphatic rings. The maximum absolute atomic E-state index is 12.1. The Bertz CT molecular complexity index is 632. The molecule has 2 rings (SSSR count). The van der Waals surface area contributed by atoms with Crippen LogP contribution >= 0.6 is 0 Å². The van der Waals surface area contributed by atoms with E-state index < -0.39 is 0 Å². The highest BCUT2D eigenvalue weighted by molar-refractivity contribution is 5.94. The van der Waals surface area contributed by atoms with Gasteiger partial charge in [-0.1, -0.05) is 30.3 Å². The van der Waals surface area contributed by atoms with Crippen LogP contribution in [0.5, 0.6) is 0 Å². The number of nitrogens with zero attached hydrogens (tertiary/aromatic N) is 1. The van der Waals surface area contributed by atoms with E-state index in [0.717, 1.165) is 5.56 Å². The minimum absolute atomic E-state index is 0.140. The average molecular weight is 256 g/mol. The quantitative estimate of drug-likeness (QED) is 0.911. The molecule has 98 valence electrons. The molecule has 1 N–H and O–H groups in total. The van der Waals surface area contributed by atoms with Crippen molar-refractivity contribution in [3.63, 3.8) is 0 Å². The van der Waals surface area contributed by atoms with Gasteiger partial charge in [0.1, 0.15) is 5.56 Å². The predicted molar refractivity (Wildman–Crippen MR) is 74.0 cm³/mol. The van der Waals surface area contributed by atoms with Gasteiger partial charge in [0, 0.05) is 13.2 Å². The van der Waals surface area contributed by atoms with Gasteiger partial charge in [0.15, 0.2) is 0 Å². The van der Waals surface area contributed by atoms with Crippen molar-refractivity contribution in [3.8, 4) is 0 Å². The van der Waals surface area contributed by atoms with Gasteiger partial charge in [-0.3, -0.25) is 9.59 Å². The van der Waals surface area contributed by atoms with Crippen LogP contribution in [-0.2, 0) is 7.05 Å². The fourth-order valence-electron chi connectivity index (χ4n) is 1.87. The molecule has 0 aliphatic carbocycles. The van der Waals surface area contributed by atoms with Gasteiger partial charge in [-0.25, -0.2) is 0 Å². The van der Waals surface area contributed by atoms with Gasteiger partial charge in [0.2, 0.25) is 0 Å². The van der Waals surface area contributed by atoms with Gasteiger partial charge in [-0.2, -0.15) is 0 Å². The van der Waals surface area contributed by atoms with Crippen LogP contribution in [0.25, 0.3) is 0 Å². The molecule has 4 heteroatoms. The summed E-state index contributed by atoms with van der Waals surface area (Å²) in [4.78, 5) is 23.9. The van der Waals surface area contributed by atoms with Gasteiger partial charge in [-0.05, 0) is 24.6 Å². The first-order valence-electron chi connectivity index (χ1n) is 6.11. The number of aromatic nitrogens is 1. The molecule has 1 aromatic heterocycles. The molecule has 0 bridgehead atoms. The van der Waals surface area contributed by atoms with E-state index in [1.54, 1.807) is 19.3 Å². The van der Waals surface area contributed by atoms with Crippen LogP contribution in [0.1, 0.15) is 28.9 Å². The number of carbonyl (C=O) groups is 1. The maximum atomic E-state index is 12.1. The molecule has 0 saturated heterocycles. The maximum Gasteiger partial charge on any atom is 0.263 e. The fraction of sp³-hybridized carbons (Fsp3) is 0.200. The predicted octanol–water partition coefficient (Wildman–Crippen LogP) is 1.88. The third-order valence-electron chi connectivity index (χ3n) is 3.02. The Morgan fingerprint density at radius 1 is 1.16 bits per heavy atom. The molecule has 19 heavy (non-hydrogen) atoms. The highest BCUT2D eigenvalue weighted by atomic mass is 16.2. The summed E-state index contributed by atoms with van der Waals surface area (Å²) in [5.74, 6) is -0.349. The van der Waals surface area contributed by atoms with E-state index in [1.165, 1.54) is 10.6 Å². The molecule has 0 aliphatic heterocycles. The second kappa shape index (κ2) is 5.52. The molecule has 0 saturated carbocycles. The van der Waals surface area contributed by atoms with Crippen LogP contribution in [0.15, 0.2) is 53.5 Å². The van der Waals surface area contributed by atoms with Crippen molar-refractivity contribution in [3.05, 3.63) is 70.1 Å². The van der Waals surface area contributed by atoms with Gasteiger partial charge in [0.25, 0.3) is 11.5 Å². The molecular weight excluding hydrogens is 240 g/mol. The lowest BCUT2D eigenvalue weighted by Crippen LogP contribution is -2.33. The van der Waals surface area contributed by atoms with E-state index >= 15 is 0 Å². The summed E-state index contributed by atoms with van der Waals surface area (Å²) in [5.41, 5.74) is 0.872. The van der Waals surface area contributed by atoms with Crippen LogP contribution in [0, 0.1) is 0 Å². The summed E-state index contributed by atoms with van der Waals surface area (Å²) >= 11 is 0. The third kappa shape index (κ3) is 2.91. The topological polar surface area (TPSA) is 51.1 Å². The van der Waals surface area contributed by atoms with E-state index in [9.17, 15) is 9.59 Å². The minimum Gasteiger partial charge on any atom is -0.345 e. The number of hydrogen-bond acceptors (Lipinski definition) is 2. The molecule has 1 unspecified atom stereocenters. The summed E-state index contributed by atoms with van der Waals surface area (Å²) in [6, 6.07) is 12.7. The van der Waals surface area contributed by atoms with Crippen LogP contribution in [0.2, 0.25) is 0 Å². The number of hydrogen-bond donors (Lipinski definition) is 1. The molecule has 1 atom stereocenters. The zero-order valence-electron chi connectivity index (χ0n) is 11.0. The van der Waals surface area contributed by atoms with Gasteiger partial charge < -0.3 is 9.88 Å². The zero-order valence-corrected chi connectivity index (χ0v) is 11.0. The first kappa shape index (κ1) is 13.1. The van der Waals surface area contributed by atoms with E-state index in [-0.39, 0.29) is 23.1 Å². The minimum atomic E-state index is -0.349. The number of aryl methyl sites for hydroxylation is 1.